The Labute approximate surface area is 136 Å². The molecule has 0 saturated carbocycles. The summed E-state index contributed by atoms with van der Waals surface area (Å²) in [7, 11) is -4.46. The smallest absolute Gasteiger partial charge is 0.155 e. The molecule has 0 aromatic heterocycles. The molecule has 0 atom stereocenters. The van der Waals surface area contributed by atoms with Gasteiger partial charge in [0.1, 0.15) is 0 Å². The van der Waals surface area contributed by atoms with E-state index in [2.05, 4.69) is 71.6 Å². The van der Waals surface area contributed by atoms with E-state index in [1.807, 2.05) is 0 Å². The van der Waals surface area contributed by atoms with Crippen molar-refractivity contribution < 1.29 is 4.57 Å². The number of rotatable bonds is 9. The lowest BCUT2D eigenvalue weighted by Gasteiger charge is -2.39. The van der Waals surface area contributed by atoms with E-state index in [-0.39, 0.29) is 11.3 Å². The first kappa shape index (κ1) is 21.6. The van der Waals surface area contributed by atoms with Gasteiger partial charge in [-0.25, -0.2) is 0 Å². The molecule has 5 heteroatoms. The van der Waals surface area contributed by atoms with Crippen LogP contribution in [-0.4, -0.2) is 45.2 Å². The van der Waals surface area contributed by atoms with Crippen LogP contribution in [0.2, 0.25) is 51.4 Å². The van der Waals surface area contributed by atoms with Gasteiger partial charge in [0.2, 0.25) is 0 Å². The van der Waals surface area contributed by atoms with E-state index in [1.54, 1.807) is 0 Å². The van der Waals surface area contributed by atoms with Crippen molar-refractivity contribution in [2.45, 2.75) is 90.4 Å². The van der Waals surface area contributed by atoms with Gasteiger partial charge in [-0.1, -0.05) is 67.0 Å². The summed E-state index contributed by atoms with van der Waals surface area (Å²) < 4.78 is 16.1. The Morgan fingerprint density at radius 2 is 1.05 bits per heavy atom. The average molecular weight is 350 g/mol. The second-order valence-electron chi connectivity index (χ2n) is 9.43. The molecule has 0 unspecified atom stereocenters. The lowest BCUT2D eigenvalue weighted by molar-refractivity contribution is 0.426. The molecule has 0 aliphatic heterocycles. The fourth-order valence-electron chi connectivity index (χ4n) is 2.60. The van der Waals surface area contributed by atoms with Gasteiger partial charge in [0.15, 0.2) is 7.29 Å². The molecule has 0 N–H and O–H groups in total. The summed E-state index contributed by atoms with van der Waals surface area (Å²) in [6.07, 6.45) is 0. The van der Waals surface area contributed by atoms with E-state index in [9.17, 15) is 4.57 Å². The summed E-state index contributed by atoms with van der Waals surface area (Å²) in [5.74, 6) is 0. The van der Waals surface area contributed by atoms with Crippen LogP contribution in [0.4, 0.5) is 0 Å². The van der Waals surface area contributed by atoms with E-state index < -0.39 is 23.4 Å². The lowest BCUT2D eigenvalue weighted by Crippen LogP contribution is -2.36. The van der Waals surface area contributed by atoms with Gasteiger partial charge in [-0.2, -0.15) is 0 Å². The fourth-order valence-corrected chi connectivity index (χ4v) is 8.18. The van der Waals surface area contributed by atoms with Crippen molar-refractivity contribution in [3.8, 4) is 0 Å². The second-order valence-corrected chi connectivity index (χ2v) is 24.7. The molecule has 2 nitrogen and oxygen atoms in total. The molecule has 0 radical (unpaired) electrons. The monoisotopic (exact) mass is 349 g/mol. The molecule has 0 aliphatic carbocycles. The van der Waals surface area contributed by atoms with Crippen LogP contribution in [-0.2, 0) is 4.57 Å². The molecule has 0 bridgehead atoms. The maximum atomic E-state index is 13.7. The maximum Gasteiger partial charge on any atom is 0.155 e. The van der Waals surface area contributed by atoms with Crippen molar-refractivity contribution in [2.24, 2.45) is 0 Å². The Morgan fingerprint density at radius 3 is 1.24 bits per heavy atom. The van der Waals surface area contributed by atoms with Gasteiger partial charge in [0.25, 0.3) is 0 Å². The van der Waals surface area contributed by atoms with Crippen LogP contribution < -0.4 is 0 Å². The lowest BCUT2D eigenvalue weighted by atomic mass is 10.5. The first-order valence-electron chi connectivity index (χ1n) is 8.55. The van der Waals surface area contributed by atoms with E-state index in [1.165, 1.54) is 12.1 Å². The Balaban J connectivity index is 5.22. The fraction of sp³-hybridized carbons (Fsp3) is 1.00. The third-order valence-corrected chi connectivity index (χ3v) is 11.9. The molecule has 0 amide bonds. The predicted octanol–water partition coefficient (Wildman–Crippen LogP) is 6.06. The summed E-state index contributed by atoms with van der Waals surface area (Å²) in [5, 5.41) is 0. The zero-order valence-electron chi connectivity index (χ0n) is 16.3. The van der Waals surface area contributed by atoms with Gasteiger partial charge < -0.3 is 4.57 Å². The molecule has 0 aliphatic rings. The van der Waals surface area contributed by atoms with Crippen LogP contribution in [0.5, 0.6) is 0 Å². The molecular formula is C16H40NOPSi2. The minimum atomic E-state index is -2.27. The SMILES string of the molecule is CC(C)P(=O)(C(C)C)N(CC[Si](C)(C)C)CC[Si](C)(C)C. The summed E-state index contributed by atoms with van der Waals surface area (Å²) >= 11 is 0. The van der Waals surface area contributed by atoms with E-state index in [0.29, 0.717) is 0 Å². The van der Waals surface area contributed by atoms with Crippen LogP contribution in [0.15, 0.2) is 0 Å². The van der Waals surface area contributed by atoms with Gasteiger partial charge in [-0.15, -0.1) is 0 Å². The molecule has 0 heterocycles. The van der Waals surface area contributed by atoms with Crippen LogP contribution in [0.25, 0.3) is 0 Å². The summed E-state index contributed by atoms with van der Waals surface area (Å²) in [6, 6.07) is 2.50. The largest absolute Gasteiger partial charge is 0.306 e. The molecule has 0 rings (SSSR count). The van der Waals surface area contributed by atoms with Crippen molar-refractivity contribution in [1.29, 1.82) is 0 Å². The quantitative estimate of drug-likeness (QED) is 0.372. The predicted molar refractivity (Wildman–Crippen MR) is 106 cm³/mol. The number of hydrogen-bond acceptors (Lipinski definition) is 1. The molecule has 128 valence electrons. The van der Waals surface area contributed by atoms with E-state index in [4.69, 9.17) is 0 Å². The highest BCUT2D eigenvalue weighted by Crippen LogP contribution is 2.58. The van der Waals surface area contributed by atoms with Crippen LogP contribution >= 0.6 is 7.29 Å². The normalized spacial score (nSPS) is 14.5. The van der Waals surface area contributed by atoms with Gasteiger partial charge in [0, 0.05) is 40.6 Å². The standard InChI is InChI=1S/C16H40NOPSi2/c1-15(2)19(18,16(3)4)17(11-13-20(5,6)7)12-14-21(8,9)10/h15-16H,11-14H2,1-10H3. The second kappa shape index (κ2) is 7.94. The first-order chi connectivity index (χ1) is 9.20. The Bertz CT molecular complexity index is 326. The van der Waals surface area contributed by atoms with Gasteiger partial charge in [0.05, 0.1) is 0 Å². The average Bonchev–Trinajstić information content (AvgIpc) is 2.24. The highest BCUT2D eigenvalue weighted by atomic mass is 31.2. The van der Waals surface area contributed by atoms with Gasteiger partial charge >= 0.3 is 0 Å². The maximum absolute atomic E-state index is 13.7. The van der Waals surface area contributed by atoms with Crippen LogP contribution in [0.3, 0.4) is 0 Å². The Morgan fingerprint density at radius 1 is 0.762 bits per heavy atom. The zero-order valence-corrected chi connectivity index (χ0v) is 19.2. The number of nitrogens with zero attached hydrogens (tertiary/aromatic N) is 1. The van der Waals surface area contributed by atoms with Gasteiger partial charge in [-0.05, 0) is 12.1 Å². The number of hydrogen-bond donors (Lipinski definition) is 0. The van der Waals surface area contributed by atoms with Crippen molar-refractivity contribution in [2.75, 3.05) is 13.1 Å². The summed E-state index contributed by atoms with van der Waals surface area (Å²) in [5.41, 5.74) is 0.529. The third-order valence-electron chi connectivity index (χ3n) is 4.16. The molecule has 21 heavy (non-hydrogen) atoms. The topological polar surface area (TPSA) is 20.3 Å². The summed E-state index contributed by atoms with van der Waals surface area (Å²) in [6.45, 7) is 25.2. The molecule has 0 aromatic rings. The minimum absolute atomic E-state index is 0.265. The van der Waals surface area contributed by atoms with Crippen molar-refractivity contribution >= 4 is 23.4 Å². The summed E-state index contributed by atoms with van der Waals surface area (Å²) in [4.78, 5) is 0. The van der Waals surface area contributed by atoms with Crippen LogP contribution in [0, 0.1) is 0 Å². The molecule has 0 fully saturated rings. The first-order valence-corrected chi connectivity index (χ1v) is 17.8. The van der Waals surface area contributed by atoms with Crippen LogP contribution in [0.1, 0.15) is 27.7 Å². The molecule has 0 spiro atoms. The third kappa shape index (κ3) is 7.63. The van der Waals surface area contributed by atoms with E-state index in [0.717, 1.165) is 13.1 Å². The highest BCUT2D eigenvalue weighted by Gasteiger charge is 2.37. The molecule has 0 aromatic carbocycles. The molecule has 0 saturated heterocycles. The van der Waals surface area contributed by atoms with E-state index >= 15 is 0 Å². The minimum Gasteiger partial charge on any atom is -0.306 e. The molecular weight excluding hydrogens is 309 g/mol. The Hall–Kier alpha value is 0.624. The highest BCUT2D eigenvalue weighted by molar-refractivity contribution is 7.62. The van der Waals surface area contributed by atoms with Crippen molar-refractivity contribution in [1.82, 2.24) is 4.67 Å². The Kier molecular flexibility index (Phi) is 8.18. The van der Waals surface area contributed by atoms with Gasteiger partial charge in [-0.3, -0.25) is 4.67 Å². The zero-order chi connectivity index (χ0) is 17.1. The van der Waals surface area contributed by atoms with Crippen molar-refractivity contribution in [3.05, 3.63) is 0 Å². The van der Waals surface area contributed by atoms with Crippen molar-refractivity contribution in [3.63, 3.8) is 0 Å².